The van der Waals surface area contributed by atoms with Crippen LogP contribution in [0.3, 0.4) is 0 Å². The predicted molar refractivity (Wildman–Crippen MR) is 163 cm³/mol. The molecule has 6 rings (SSSR count). The topological polar surface area (TPSA) is 71.4 Å². The van der Waals surface area contributed by atoms with E-state index in [1.54, 1.807) is 24.4 Å². The second-order valence-electron chi connectivity index (χ2n) is 12.2. The van der Waals surface area contributed by atoms with Crippen LogP contribution < -0.4 is 15.4 Å². The molecule has 216 valence electrons. The third kappa shape index (κ3) is 5.87. The van der Waals surface area contributed by atoms with Gasteiger partial charge < -0.3 is 15.4 Å². The lowest BCUT2D eigenvalue weighted by atomic mass is 9.81. The minimum absolute atomic E-state index is 0.0277. The Kier molecular flexibility index (Phi) is 7.23. The van der Waals surface area contributed by atoms with Crippen molar-refractivity contribution in [3.05, 3.63) is 100 Å². The third-order valence-corrected chi connectivity index (χ3v) is 7.74. The van der Waals surface area contributed by atoms with Gasteiger partial charge in [0.1, 0.15) is 23.5 Å². The molecular formula is C33H32ClF2N5O. The Bertz CT molecular complexity index is 1670. The van der Waals surface area contributed by atoms with Crippen LogP contribution in [-0.2, 0) is 6.54 Å². The zero-order valence-electron chi connectivity index (χ0n) is 23.9. The van der Waals surface area contributed by atoms with Gasteiger partial charge >= 0.3 is 0 Å². The summed E-state index contributed by atoms with van der Waals surface area (Å²) in [7, 11) is 0. The van der Waals surface area contributed by atoms with E-state index in [-0.39, 0.29) is 35.0 Å². The second-order valence-corrected chi connectivity index (χ2v) is 12.6. The smallest absolute Gasteiger partial charge is 0.227 e. The van der Waals surface area contributed by atoms with Gasteiger partial charge in [-0.3, -0.25) is 4.99 Å². The van der Waals surface area contributed by atoms with E-state index < -0.39 is 11.6 Å². The quantitative estimate of drug-likeness (QED) is 0.249. The number of ether oxygens (including phenoxy) is 1. The average molecular weight is 588 g/mol. The molecule has 2 aliphatic heterocycles. The Hall–Kier alpha value is -3.88. The van der Waals surface area contributed by atoms with E-state index in [9.17, 15) is 8.78 Å². The maximum Gasteiger partial charge on any atom is 0.227 e. The molecule has 1 aromatic heterocycles. The summed E-state index contributed by atoms with van der Waals surface area (Å²) in [5, 5.41) is 7.40. The number of nitrogens with one attached hydrogen (secondary N) is 2. The summed E-state index contributed by atoms with van der Waals surface area (Å²) in [5.41, 5.74) is 3.20. The van der Waals surface area contributed by atoms with Gasteiger partial charge in [0.2, 0.25) is 5.95 Å². The maximum absolute atomic E-state index is 14.8. The standard InChI is InChI=1S/C33H32ClF2N5O/c1-32(2)15-23(16-33(3,4)41-32)42-22-8-5-7-21(14-22)39-31-38-18-19-17-37-30(28-26(35)9-6-10-27(28)36)25-13-20(34)11-12-24(25)29(19)40-31/h5-14,18,23,41H,15-17H2,1-4H3,(H,38,39,40). The van der Waals surface area contributed by atoms with Gasteiger partial charge in [-0.15, -0.1) is 0 Å². The SMILES string of the molecule is CC1(C)CC(Oc2cccc(Nc3ncc4c(n3)-c3ccc(Cl)cc3C(c3c(F)cccc3F)=NC4)c2)CC(C)(C)N1. The highest BCUT2D eigenvalue weighted by atomic mass is 35.5. The van der Waals surface area contributed by atoms with Crippen molar-refractivity contribution in [1.82, 2.24) is 15.3 Å². The Balaban J connectivity index is 1.30. The largest absolute Gasteiger partial charge is 0.490 e. The van der Waals surface area contributed by atoms with Crippen molar-refractivity contribution < 1.29 is 13.5 Å². The molecule has 9 heteroatoms. The van der Waals surface area contributed by atoms with Crippen LogP contribution in [0.1, 0.15) is 57.2 Å². The number of benzene rings is 3. The van der Waals surface area contributed by atoms with E-state index in [0.717, 1.165) is 29.8 Å². The van der Waals surface area contributed by atoms with E-state index >= 15 is 0 Å². The van der Waals surface area contributed by atoms with Crippen molar-refractivity contribution >= 4 is 28.9 Å². The van der Waals surface area contributed by atoms with E-state index in [2.05, 4.69) is 48.3 Å². The first-order valence-electron chi connectivity index (χ1n) is 13.9. The molecule has 0 radical (unpaired) electrons. The highest BCUT2D eigenvalue weighted by Crippen LogP contribution is 2.36. The summed E-state index contributed by atoms with van der Waals surface area (Å²) in [5.74, 6) is -0.259. The molecule has 1 fully saturated rings. The van der Waals surface area contributed by atoms with Gasteiger partial charge in [0.15, 0.2) is 0 Å². The van der Waals surface area contributed by atoms with Crippen LogP contribution in [0.5, 0.6) is 5.75 Å². The number of halogens is 3. The van der Waals surface area contributed by atoms with Crippen LogP contribution in [0, 0.1) is 11.6 Å². The number of rotatable bonds is 5. The van der Waals surface area contributed by atoms with Gasteiger partial charge in [-0.2, -0.15) is 0 Å². The first-order valence-corrected chi connectivity index (χ1v) is 14.3. The molecule has 0 spiro atoms. The van der Waals surface area contributed by atoms with Crippen LogP contribution in [0.2, 0.25) is 5.02 Å². The number of nitrogens with zero attached hydrogens (tertiary/aromatic N) is 3. The Morgan fingerprint density at radius 2 is 1.64 bits per heavy atom. The fourth-order valence-corrected chi connectivity index (χ4v) is 6.37. The molecule has 0 amide bonds. The Morgan fingerprint density at radius 3 is 2.38 bits per heavy atom. The average Bonchev–Trinajstić information content (AvgIpc) is 3.04. The lowest BCUT2D eigenvalue weighted by molar-refractivity contribution is 0.0559. The fourth-order valence-electron chi connectivity index (χ4n) is 6.20. The molecule has 6 nitrogen and oxygen atoms in total. The number of hydrogen-bond acceptors (Lipinski definition) is 6. The molecule has 0 unspecified atom stereocenters. The van der Waals surface area contributed by atoms with Crippen molar-refractivity contribution in [3.8, 4) is 17.0 Å². The van der Waals surface area contributed by atoms with Crippen LogP contribution >= 0.6 is 11.6 Å². The highest BCUT2D eigenvalue weighted by molar-refractivity contribution is 6.31. The first-order chi connectivity index (χ1) is 20.0. The normalized spacial score (nSPS) is 17.5. The number of anilines is 2. The Morgan fingerprint density at radius 1 is 0.929 bits per heavy atom. The van der Waals surface area contributed by atoms with Crippen LogP contribution in [0.4, 0.5) is 20.4 Å². The molecule has 0 aliphatic carbocycles. The van der Waals surface area contributed by atoms with Gasteiger partial charge in [0.05, 0.1) is 23.5 Å². The number of hydrogen-bond donors (Lipinski definition) is 2. The molecule has 2 aliphatic rings. The van der Waals surface area contributed by atoms with E-state index in [4.69, 9.17) is 21.3 Å². The summed E-state index contributed by atoms with van der Waals surface area (Å²) in [6, 6.07) is 16.7. The number of fused-ring (bicyclic) bond motifs is 3. The van der Waals surface area contributed by atoms with Gasteiger partial charge in [-0.1, -0.05) is 29.8 Å². The van der Waals surface area contributed by atoms with Crippen molar-refractivity contribution in [1.29, 1.82) is 0 Å². The van der Waals surface area contributed by atoms with Crippen molar-refractivity contribution in [2.45, 2.75) is 64.3 Å². The molecule has 4 aromatic rings. The van der Waals surface area contributed by atoms with Gasteiger partial charge in [0, 0.05) is 63.6 Å². The predicted octanol–water partition coefficient (Wildman–Crippen LogP) is 7.86. The number of piperidine rings is 1. The van der Waals surface area contributed by atoms with Crippen molar-refractivity contribution in [3.63, 3.8) is 0 Å². The first kappa shape index (κ1) is 28.2. The monoisotopic (exact) mass is 587 g/mol. The second kappa shape index (κ2) is 10.7. The lowest BCUT2D eigenvalue weighted by Gasteiger charge is -2.46. The molecule has 3 aromatic carbocycles. The zero-order chi connectivity index (χ0) is 29.6. The van der Waals surface area contributed by atoms with E-state index in [0.29, 0.717) is 27.8 Å². The van der Waals surface area contributed by atoms with Gasteiger partial charge in [-0.05, 0) is 64.1 Å². The van der Waals surface area contributed by atoms with Gasteiger partial charge in [0.25, 0.3) is 0 Å². The zero-order valence-corrected chi connectivity index (χ0v) is 24.7. The summed E-state index contributed by atoms with van der Waals surface area (Å²) < 4.78 is 36.1. The number of aromatic nitrogens is 2. The fraction of sp³-hybridized carbons (Fsp3) is 0.303. The molecule has 0 bridgehead atoms. The molecule has 2 N–H and O–H groups in total. The third-order valence-electron chi connectivity index (χ3n) is 7.51. The van der Waals surface area contributed by atoms with Crippen LogP contribution in [0.25, 0.3) is 11.3 Å². The van der Waals surface area contributed by atoms with Crippen LogP contribution in [-0.4, -0.2) is 32.9 Å². The minimum Gasteiger partial charge on any atom is -0.490 e. The van der Waals surface area contributed by atoms with Gasteiger partial charge in [-0.25, -0.2) is 18.7 Å². The maximum atomic E-state index is 14.8. The molecule has 0 atom stereocenters. The number of aliphatic imine (C=N–C) groups is 1. The van der Waals surface area contributed by atoms with E-state index in [1.807, 2.05) is 24.3 Å². The molecule has 0 saturated carbocycles. The van der Waals surface area contributed by atoms with E-state index in [1.165, 1.54) is 18.2 Å². The summed E-state index contributed by atoms with van der Waals surface area (Å²) >= 11 is 6.34. The van der Waals surface area contributed by atoms with Crippen molar-refractivity contribution in [2.24, 2.45) is 4.99 Å². The Labute approximate surface area is 249 Å². The highest BCUT2D eigenvalue weighted by Gasteiger charge is 2.38. The summed E-state index contributed by atoms with van der Waals surface area (Å²) in [6.07, 6.45) is 3.55. The van der Waals surface area contributed by atoms with Crippen molar-refractivity contribution in [2.75, 3.05) is 5.32 Å². The molecular weight excluding hydrogens is 556 g/mol. The summed E-state index contributed by atoms with van der Waals surface area (Å²) in [6.45, 7) is 8.95. The molecule has 3 heterocycles. The molecule has 1 saturated heterocycles. The molecule has 42 heavy (non-hydrogen) atoms. The van der Waals surface area contributed by atoms with Crippen LogP contribution in [0.15, 0.2) is 71.9 Å². The lowest BCUT2D eigenvalue weighted by Crippen LogP contribution is -2.60. The minimum atomic E-state index is -0.696. The summed E-state index contributed by atoms with van der Waals surface area (Å²) in [4.78, 5) is 13.9.